The molecule has 0 bridgehead atoms. The Morgan fingerprint density at radius 3 is 2.59 bits per heavy atom. The number of aryl methyl sites for hydroxylation is 3. The van der Waals surface area contributed by atoms with Gasteiger partial charge in [0, 0.05) is 27.9 Å². The standard InChI is InChI=1S/C21H19N3O2S/c1-12-4-6-15(7-5-12)17-10-27-20-19(17)21(26)24(11-22-20)9-18(25)16-8-13(2)23-14(16)3/h4-8,10-11,23H,9H2,1-3H3. The molecule has 6 heteroatoms. The largest absolute Gasteiger partial charge is 0.362 e. The molecule has 4 rings (SSSR count). The Kier molecular flexibility index (Phi) is 4.28. The van der Waals surface area contributed by atoms with Gasteiger partial charge in [-0.25, -0.2) is 4.98 Å². The van der Waals surface area contributed by atoms with Gasteiger partial charge in [0.05, 0.1) is 18.3 Å². The Morgan fingerprint density at radius 1 is 1.19 bits per heavy atom. The number of thiophene rings is 1. The lowest BCUT2D eigenvalue weighted by atomic mass is 10.1. The van der Waals surface area contributed by atoms with Gasteiger partial charge in [-0.15, -0.1) is 11.3 Å². The molecule has 136 valence electrons. The van der Waals surface area contributed by atoms with Crippen LogP contribution in [0, 0.1) is 20.8 Å². The number of aromatic nitrogens is 3. The molecule has 0 atom stereocenters. The summed E-state index contributed by atoms with van der Waals surface area (Å²) in [5, 5.41) is 2.52. The molecule has 1 N–H and O–H groups in total. The van der Waals surface area contributed by atoms with Gasteiger partial charge in [0.25, 0.3) is 5.56 Å². The molecule has 4 aromatic rings. The molecule has 27 heavy (non-hydrogen) atoms. The molecule has 0 aliphatic carbocycles. The maximum atomic E-state index is 13.1. The topological polar surface area (TPSA) is 67.8 Å². The number of nitrogens with zero attached hydrogens (tertiary/aromatic N) is 2. The number of H-pyrrole nitrogens is 1. The van der Waals surface area contributed by atoms with Crippen LogP contribution in [0.15, 0.2) is 46.8 Å². The van der Waals surface area contributed by atoms with Gasteiger partial charge >= 0.3 is 0 Å². The van der Waals surface area contributed by atoms with Crippen LogP contribution in [-0.4, -0.2) is 20.3 Å². The number of carbonyl (C=O) groups is 1. The fourth-order valence-corrected chi connectivity index (χ4v) is 4.19. The van der Waals surface area contributed by atoms with Crippen molar-refractivity contribution in [2.45, 2.75) is 27.3 Å². The van der Waals surface area contributed by atoms with E-state index in [0.717, 1.165) is 28.1 Å². The molecule has 3 aromatic heterocycles. The van der Waals surface area contributed by atoms with Crippen LogP contribution in [0.25, 0.3) is 21.3 Å². The predicted molar refractivity (Wildman–Crippen MR) is 109 cm³/mol. The second-order valence-electron chi connectivity index (χ2n) is 6.79. The highest BCUT2D eigenvalue weighted by Crippen LogP contribution is 2.30. The van der Waals surface area contributed by atoms with Crippen LogP contribution in [0.2, 0.25) is 0 Å². The minimum absolute atomic E-state index is 0.0247. The van der Waals surface area contributed by atoms with Gasteiger partial charge in [0.15, 0.2) is 5.78 Å². The zero-order chi connectivity index (χ0) is 19.1. The summed E-state index contributed by atoms with van der Waals surface area (Å²) < 4.78 is 1.40. The lowest BCUT2D eigenvalue weighted by molar-refractivity contribution is 0.0970. The van der Waals surface area contributed by atoms with Crippen molar-refractivity contribution in [2.24, 2.45) is 0 Å². The van der Waals surface area contributed by atoms with Crippen molar-refractivity contribution in [2.75, 3.05) is 0 Å². The van der Waals surface area contributed by atoms with Crippen LogP contribution in [0.1, 0.15) is 27.3 Å². The number of rotatable bonds is 4. The summed E-state index contributed by atoms with van der Waals surface area (Å²) in [7, 11) is 0. The summed E-state index contributed by atoms with van der Waals surface area (Å²) in [5.41, 5.74) is 5.18. The quantitative estimate of drug-likeness (QED) is 0.540. The minimum atomic E-state index is -0.185. The summed E-state index contributed by atoms with van der Waals surface area (Å²) in [6, 6.07) is 9.87. The third-order valence-corrected chi connectivity index (χ3v) is 5.57. The predicted octanol–water partition coefficient (Wildman–Crippen LogP) is 4.26. The number of benzene rings is 1. The molecule has 5 nitrogen and oxygen atoms in total. The first kappa shape index (κ1) is 17.4. The van der Waals surface area contributed by atoms with Crippen LogP contribution >= 0.6 is 11.3 Å². The van der Waals surface area contributed by atoms with Crippen LogP contribution < -0.4 is 5.56 Å². The summed E-state index contributed by atoms with van der Waals surface area (Å²) in [6.45, 7) is 5.77. The number of ketones is 1. The van der Waals surface area contributed by atoms with Crippen LogP contribution in [0.3, 0.4) is 0 Å². The van der Waals surface area contributed by atoms with Gasteiger partial charge in [-0.3, -0.25) is 14.2 Å². The van der Waals surface area contributed by atoms with Crippen molar-refractivity contribution < 1.29 is 4.79 Å². The Hall–Kier alpha value is -2.99. The maximum absolute atomic E-state index is 13.1. The van der Waals surface area contributed by atoms with E-state index in [-0.39, 0.29) is 17.9 Å². The fourth-order valence-electron chi connectivity index (χ4n) is 3.28. The molecule has 0 saturated heterocycles. The molecule has 0 aliphatic rings. The molecule has 3 heterocycles. The Balaban J connectivity index is 1.77. The monoisotopic (exact) mass is 377 g/mol. The molecular formula is C21H19N3O2S. The number of fused-ring (bicyclic) bond motifs is 1. The average Bonchev–Trinajstić information content (AvgIpc) is 3.21. The van der Waals surface area contributed by atoms with Gasteiger partial charge in [0.2, 0.25) is 0 Å². The molecule has 0 spiro atoms. The van der Waals surface area contributed by atoms with Crippen LogP contribution in [0.5, 0.6) is 0 Å². The SMILES string of the molecule is Cc1ccc(-c2csc3ncn(CC(=O)c4cc(C)[nH]c4C)c(=O)c23)cc1. The van der Waals surface area contributed by atoms with E-state index < -0.39 is 0 Å². The summed E-state index contributed by atoms with van der Waals surface area (Å²) in [6.07, 6.45) is 1.47. The van der Waals surface area contributed by atoms with E-state index in [9.17, 15) is 9.59 Å². The smallest absolute Gasteiger partial charge is 0.263 e. The van der Waals surface area contributed by atoms with E-state index in [4.69, 9.17) is 0 Å². The first-order valence-corrected chi connectivity index (χ1v) is 9.55. The Labute approximate surface area is 160 Å². The van der Waals surface area contributed by atoms with E-state index in [1.807, 2.05) is 56.5 Å². The van der Waals surface area contributed by atoms with Gasteiger partial charge in [-0.2, -0.15) is 0 Å². The van der Waals surface area contributed by atoms with Crippen molar-refractivity contribution in [1.29, 1.82) is 0 Å². The van der Waals surface area contributed by atoms with E-state index in [1.54, 1.807) is 0 Å². The molecule has 0 saturated carbocycles. The van der Waals surface area contributed by atoms with E-state index in [0.29, 0.717) is 15.8 Å². The maximum Gasteiger partial charge on any atom is 0.263 e. The third-order valence-electron chi connectivity index (χ3n) is 4.69. The second-order valence-corrected chi connectivity index (χ2v) is 7.65. The summed E-state index contributed by atoms with van der Waals surface area (Å²) >= 11 is 1.44. The molecule has 0 radical (unpaired) electrons. The lowest BCUT2D eigenvalue weighted by Crippen LogP contribution is -2.24. The number of Topliss-reactive ketones (excluding diaryl/α,β-unsaturated/α-hetero) is 1. The minimum Gasteiger partial charge on any atom is -0.362 e. The Morgan fingerprint density at radius 2 is 1.93 bits per heavy atom. The number of hydrogen-bond donors (Lipinski definition) is 1. The number of nitrogens with one attached hydrogen (secondary N) is 1. The molecular weight excluding hydrogens is 358 g/mol. The van der Waals surface area contributed by atoms with Crippen molar-refractivity contribution in [3.05, 3.63) is 74.9 Å². The van der Waals surface area contributed by atoms with Crippen molar-refractivity contribution in [3.8, 4) is 11.1 Å². The summed E-state index contributed by atoms with van der Waals surface area (Å²) in [4.78, 5) is 34.0. The second kappa shape index (κ2) is 6.63. The van der Waals surface area contributed by atoms with Gasteiger partial charge in [-0.05, 0) is 32.4 Å². The summed E-state index contributed by atoms with van der Waals surface area (Å²) in [5.74, 6) is -0.104. The van der Waals surface area contributed by atoms with E-state index >= 15 is 0 Å². The molecule has 0 fully saturated rings. The number of carbonyl (C=O) groups excluding carboxylic acids is 1. The van der Waals surface area contributed by atoms with Crippen molar-refractivity contribution >= 4 is 27.3 Å². The molecule has 0 unspecified atom stereocenters. The van der Waals surface area contributed by atoms with Gasteiger partial charge in [-0.1, -0.05) is 29.8 Å². The van der Waals surface area contributed by atoms with Crippen LogP contribution in [0.4, 0.5) is 0 Å². The van der Waals surface area contributed by atoms with E-state index in [2.05, 4.69) is 9.97 Å². The molecule has 0 amide bonds. The van der Waals surface area contributed by atoms with E-state index in [1.165, 1.54) is 22.2 Å². The van der Waals surface area contributed by atoms with Gasteiger partial charge < -0.3 is 4.98 Å². The fraction of sp³-hybridized carbons (Fsp3) is 0.190. The zero-order valence-electron chi connectivity index (χ0n) is 15.4. The van der Waals surface area contributed by atoms with Crippen LogP contribution in [-0.2, 0) is 6.54 Å². The molecule has 0 aliphatic heterocycles. The van der Waals surface area contributed by atoms with Gasteiger partial charge in [0.1, 0.15) is 4.83 Å². The zero-order valence-corrected chi connectivity index (χ0v) is 16.2. The van der Waals surface area contributed by atoms with Crippen molar-refractivity contribution in [3.63, 3.8) is 0 Å². The normalized spacial score (nSPS) is 11.2. The van der Waals surface area contributed by atoms with Crippen molar-refractivity contribution in [1.82, 2.24) is 14.5 Å². The number of hydrogen-bond acceptors (Lipinski definition) is 4. The Bertz CT molecular complexity index is 1210. The third kappa shape index (κ3) is 3.13. The molecule has 1 aromatic carbocycles. The highest BCUT2D eigenvalue weighted by molar-refractivity contribution is 7.17. The highest BCUT2D eigenvalue weighted by atomic mass is 32.1. The lowest BCUT2D eigenvalue weighted by Gasteiger charge is -2.06. The average molecular weight is 377 g/mol. The highest BCUT2D eigenvalue weighted by Gasteiger charge is 2.17. The number of aromatic amines is 1. The first-order chi connectivity index (χ1) is 12.9. The first-order valence-electron chi connectivity index (χ1n) is 8.67.